The molecule has 0 amide bonds. The Bertz CT molecular complexity index is 1150. The van der Waals surface area contributed by atoms with Crippen LogP contribution in [-0.4, -0.2) is 55.8 Å². The monoisotopic (exact) mass is 426 g/mol. The molecule has 2 aliphatic heterocycles. The van der Waals surface area contributed by atoms with E-state index >= 15 is 0 Å². The van der Waals surface area contributed by atoms with E-state index in [1.807, 2.05) is 0 Å². The summed E-state index contributed by atoms with van der Waals surface area (Å²) in [7, 11) is 0. The van der Waals surface area contributed by atoms with Crippen molar-refractivity contribution >= 4 is 22.5 Å². The van der Waals surface area contributed by atoms with Gasteiger partial charge >= 0.3 is 6.29 Å². The third kappa shape index (κ3) is 2.97. The quantitative estimate of drug-likeness (QED) is 0.644. The Balaban J connectivity index is 1.47. The minimum Gasteiger partial charge on any atom is -0.395 e. The summed E-state index contributed by atoms with van der Waals surface area (Å²) in [5.74, 6) is -2.77. The predicted octanol–water partition coefficient (Wildman–Crippen LogP) is 2.84. The Kier molecular flexibility index (Phi) is 4.01. The third-order valence-corrected chi connectivity index (χ3v) is 5.62. The topological polar surface area (TPSA) is 90.8 Å². The SMILES string of the molecule is C[C@H]1N(CCc2nc3c4ccc5c(c4nc(N)n3n2)OC(F)(F)O5)CCCC1(F)F. The van der Waals surface area contributed by atoms with Gasteiger partial charge in [0.1, 0.15) is 5.52 Å². The molecule has 3 aromatic rings. The van der Waals surface area contributed by atoms with Crippen LogP contribution in [0.3, 0.4) is 0 Å². The molecule has 8 nitrogen and oxygen atoms in total. The van der Waals surface area contributed by atoms with Crippen molar-refractivity contribution in [1.82, 2.24) is 24.5 Å². The Morgan fingerprint density at radius 3 is 2.80 bits per heavy atom. The second-order valence-electron chi connectivity index (χ2n) is 7.52. The summed E-state index contributed by atoms with van der Waals surface area (Å²) in [6, 6.07) is 1.99. The number of likely N-dealkylation sites (tertiary alicyclic amines) is 1. The van der Waals surface area contributed by atoms with Gasteiger partial charge in [0.2, 0.25) is 5.95 Å². The van der Waals surface area contributed by atoms with Crippen LogP contribution < -0.4 is 15.2 Å². The van der Waals surface area contributed by atoms with Gasteiger partial charge in [0.15, 0.2) is 23.0 Å². The summed E-state index contributed by atoms with van der Waals surface area (Å²) in [5, 5.41) is 4.72. The maximum absolute atomic E-state index is 14.0. The number of piperidine rings is 1. The highest BCUT2D eigenvalue weighted by molar-refractivity contribution is 5.97. The van der Waals surface area contributed by atoms with Crippen molar-refractivity contribution in [2.24, 2.45) is 0 Å². The molecule has 2 N–H and O–H groups in total. The zero-order valence-corrected chi connectivity index (χ0v) is 15.9. The fourth-order valence-electron chi connectivity index (χ4n) is 3.98. The van der Waals surface area contributed by atoms with Crippen molar-refractivity contribution in [2.75, 3.05) is 18.8 Å². The molecule has 0 aliphatic carbocycles. The van der Waals surface area contributed by atoms with Gasteiger partial charge < -0.3 is 15.2 Å². The number of aromatic nitrogens is 4. The van der Waals surface area contributed by atoms with Crippen LogP contribution in [0.2, 0.25) is 0 Å². The number of alkyl halides is 4. The molecule has 4 heterocycles. The van der Waals surface area contributed by atoms with E-state index in [1.165, 1.54) is 23.6 Å². The second kappa shape index (κ2) is 6.30. The lowest BCUT2D eigenvalue weighted by Crippen LogP contribution is -2.51. The zero-order valence-electron chi connectivity index (χ0n) is 15.9. The lowest BCUT2D eigenvalue weighted by molar-refractivity contribution is -0.286. The number of nitrogens with two attached hydrogens (primary N) is 1. The minimum atomic E-state index is -3.79. The molecule has 2 aromatic heterocycles. The Morgan fingerprint density at radius 1 is 1.20 bits per heavy atom. The van der Waals surface area contributed by atoms with Crippen LogP contribution in [0.5, 0.6) is 11.5 Å². The molecule has 1 saturated heterocycles. The summed E-state index contributed by atoms with van der Waals surface area (Å²) in [6.07, 6.45) is -3.15. The Hall–Kier alpha value is -2.89. The number of nitrogens with zero attached hydrogens (tertiary/aromatic N) is 5. The van der Waals surface area contributed by atoms with Gasteiger partial charge in [-0.25, -0.2) is 18.7 Å². The van der Waals surface area contributed by atoms with E-state index in [1.54, 1.807) is 4.90 Å². The molecule has 1 atom stereocenters. The van der Waals surface area contributed by atoms with Gasteiger partial charge in [0.25, 0.3) is 5.92 Å². The second-order valence-corrected chi connectivity index (χ2v) is 7.52. The fourth-order valence-corrected chi connectivity index (χ4v) is 3.98. The molecule has 160 valence electrons. The molecule has 0 bridgehead atoms. The largest absolute Gasteiger partial charge is 0.586 e. The van der Waals surface area contributed by atoms with Gasteiger partial charge in [0, 0.05) is 24.8 Å². The lowest BCUT2D eigenvalue weighted by atomic mass is 9.99. The summed E-state index contributed by atoms with van der Waals surface area (Å²) < 4.78 is 65.1. The first-order chi connectivity index (χ1) is 14.1. The molecule has 1 aromatic carbocycles. The van der Waals surface area contributed by atoms with Crippen LogP contribution in [-0.2, 0) is 6.42 Å². The van der Waals surface area contributed by atoms with E-state index in [0.717, 1.165) is 0 Å². The van der Waals surface area contributed by atoms with E-state index in [4.69, 9.17) is 5.73 Å². The Labute approximate surface area is 167 Å². The van der Waals surface area contributed by atoms with Gasteiger partial charge in [0.05, 0.1) is 6.04 Å². The van der Waals surface area contributed by atoms with Crippen LogP contribution in [0.4, 0.5) is 23.5 Å². The van der Waals surface area contributed by atoms with Crippen LogP contribution in [0.15, 0.2) is 12.1 Å². The average Bonchev–Trinajstić information content (AvgIpc) is 3.23. The molecule has 0 spiro atoms. The van der Waals surface area contributed by atoms with Crippen molar-refractivity contribution < 1.29 is 27.0 Å². The maximum atomic E-state index is 14.0. The number of benzene rings is 1. The summed E-state index contributed by atoms with van der Waals surface area (Å²) in [4.78, 5) is 10.3. The van der Waals surface area contributed by atoms with E-state index in [-0.39, 0.29) is 29.4 Å². The van der Waals surface area contributed by atoms with E-state index in [0.29, 0.717) is 42.8 Å². The first-order valence-electron chi connectivity index (χ1n) is 9.50. The molecule has 30 heavy (non-hydrogen) atoms. The van der Waals surface area contributed by atoms with E-state index < -0.39 is 18.3 Å². The smallest absolute Gasteiger partial charge is 0.395 e. The number of halogens is 4. The molecule has 5 rings (SSSR count). The number of hydrogen-bond donors (Lipinski definition) is 1. The van der Waals surface area contributed by atoms with Gasteiger partial charge in [-0.3, -0.25) is 4.90 Å². The molecule has 12 heteroatoms. The highest BCUT2D eigenvalue weighted by atomic mass is 19.3. The van der Waals surface area contributed by atoms with Crippen LogP contribution in [0.1, 0.15) is 25.6 Å². The fraction of sp³-hybridized carbons (Fsp3) is 0.500. The van der Waals surface area contributed by atoms with Crippen LogP contribution in [0, 0.1) is 0 Å². The molecule has 0 unspecified atom stereocenters. The normalized spacial score (nSPS) is 22.8. The Morgan fingerprint density at radius 2 is 2.00 bits per heavy atom. The summed E-state index contributed by atoms with van der Waals surface area (Å²) >= 11 is 0. The zero-order chi connectivity index (χ0) is 21.3. The summed E-state index contributed by atoms with van der Waals surface area (Å²) in [6.45, 7) is 2.45. The highest BCUT2D eigenvalue weighted by Crippen LogP contribution is 2.45. The molecule has 0 saturated carbocycles. The molecule has 0 radical (unpaired) electrons. The number of hydrogen-bond acceptors (Lipinski definition) is 7. The van der Waals surface area contributed by atoms with Gasteiger partial charge in [-0.15, -0.1) is 13.9 Å². The van der Waals surface area contributed by atoms with Gasteiger partial charge in [-0.2, -0.15) is 4.52 Å². The van der Waals surface area contributed by atoms with Crippen molar-refractivity contribution in [3.63, 3.8) is 0 Å². The predicted molar refractivity (Wildman–Crippen MR) is 97.8 cm³/mol. The number of ether oxygens (including phenoxy) is 2. The average molecular weight is 426 g/mol. The minimum absolute atomic E-state index is 0.0682. The maximum Gasteiger partial charge on any atom is 0.586 e. The van der Waals surface area contributed by atoms with E-state index in [9.17, 15) is 17.6 Å². The van der Waals surface area contributed by atoms with Gasteiger partial charge in [-0.1, -0.05) is 0 Å². The highest BCUT2D eigenvalue weighted by Gasteiger charge is 2.45. The van der Waals surface area contributed by atoms with Crippen molar-refractivity contribution in [2.45, 2.75) is 44.4 Å². The number of nitrogen functional groups attached to an aromatic ring is 1. The van der Waals surface area contributed by atoms with Crippen LogP contribution in [0.25, 0.3) is 16.6 Å². The third-order valence-electron chi connectivity index (χ3n) is 5.62. The van der Waals surface area contributed by atoms with Crippen molar-refractivity contribution in [3.05, 3.63) is 18.0 Å². The molecular formula is C18H18F4N6O2. The molecular weight excluding hydrogens is 408 g/mol. The van der Waals surface area contributed by atoms with Gasteiger partial charge in [-0.05, 0) is 32.0 Å². The van der Waals surface area contributed by atoms with E-state index in [2.05, 4.69) is 24.5 Å². The van der Waals surface area contributed by atoms with Crippen molar-refractivity contribution in [3.8, 4) is 11.5 Å². The first kappa shape index (κ1) is 19.1. The lowest BCUT2D eigenvalue weighted by Gasteiger charge is -2.38. The molecule has 2 aliphatic rings. The standard InChI is InChI=1S/C18H18F4N6O2/c1-9-17(19,20)6-2-7-27(9)8-5-12-24-15-10-3-4-11-14(30-18(21,22)29-11)13(10)25-16(23)28(15)26-12/h3-4,9H,2,5-8H2,1H3,(H2,23,25)/t9-/m1/s1. The molecule has 1 fully saturated rings. The summed E-state index contributed by atoms with van der Waals surface area (Å²) in [5.41, 5.74) is 6.34. The van der Waals surface area contributed by atoms with Crippen LogP contribution >= 0.6 is 0 Å². The number of fused-ring (bicyclic) bond motifs is 5. The number of anilines is 1. The first-order valence-corrected chi connectivity index (χ1v) is 9.50. The number of rotatable bonds is 3. The van der Waals surface area contributed by atoms with Crippen molar-refractivity contribution in [1.29, 1.82) is 0 Å².